The number of anilines is 1. The molecule has 98 valence electrons. The highest BCUT2D eigenvalue weighted by Crippen LogP contribution is 2.25. The Bertz CT molecular complexity index is 607. The second kappa shape index (κ2) is 5.53. The van der Waals surface area contributed by atoms with E-state index in [9.17, 15) is 9.18 Å². The maximum Gasteiger partial charge on any atom is 0.262 e. The topological polar surface area (TPSA) is 20.3 Å². The highest BCUT2D eigenvalue weighted by atomic mass is 79.9. The van der Waals surface area contributed by atoms with Crippen LogP contribution in [0.15, 0.2) is 46.9 Å². The quantitative estimate of drug-likeness (QED) is 0.812. The van der Waals surface area contributed by atoms with Crippen LogP contribution < -0.4 is 4.90 Å². The number of carbonyl (C=O) groups is 1. The van der Waals surface area contributed by atoms with Crippen LogP contribution in [0.5, 0.6) is 0 Å². The van der Waals surface area contributed by atoms with Crippen LogP contribution in [0.3, 0.4) is 0 Å². The molecule has 2 aromatic carbocycles. The third-order valence-corrected chi connectivity index (χ3v) is 3.62. The molecule has 2 rings (SSSR count). The Balaban J connectivity index is 2.43. The lowest BCUT2D eigenvalue weighted by Gasteiger charge is -2.20. The molecular formula is C15H13BrFNO. The van der Waals surface area contributed by atoms with Crippen LogP contribution in [0.25, 0.3) is 0 Å². The second-order valence-electron chi connectivity index (χ2n) is 4.25. The monoisotopic (exact) mass is 321 g/mol. The van der Waals surface area contributed by atoms with Gasteiger partial charge in [0.1, 0.15) is 5.82 Å². The molecule has 19 heavy (non-hydrogen) atoms. The summed E-state index contributed by atoms with van der Waals surface area (Å²) < 4.78 is 14.3. The summed E-state index contributed by atoms with van der Waals surface area (Å²) in [5.41, 5.74) is 1.78. The van der Waals surface area contributed by atoms with E-state index in [4.69, 9.17) is 0 Å². The van der Waals surface area contributed by atoms with Crippen molar-refractivity contribution in [2.24, 2.45) is 0 Å². The molecule has 0 atom stereocenters. The summed E-state index contributed by atoms with van der Waals surface area (Å²) in [4.78, 5) is 13.9. The van der Waals surface area contributed by atoms with Gasteiger partial charge in [0, 0.05) is 17.2 Å². The first-order chi connectivity index (χ1) is 9.02. The van der Waals surface area contributed by atoms with Crippen molar-refractivity contribution < 1.29 is 9.18 Å². The first-order valence-corrected chi connectivity index (χ1v) is 6.59. The van der Waals surface area contributed by atoms with Crippen LogP contribution in [0.1, 0.15) is 15.9 Å². The Kier molecular flexibility index (Phi) is 4.00. The molecule has 0 saturated heterocycles. The maximum absolute atomic E-state index is 13.8. The molecule has 2 nitrogen and oxygen atoms in total. The molecule has 1 amide bonds. The van der Waals surface area contributed by atoms with Gasteiger partial charge in [0.25, 0.3) is 5.91 Å². The number of amides is 1. The van der Waals surface area contributed by atoms with Crippen molar-refractivity contribution >= 4 is 27.5 Å². The SMILES string of the molecule is Cc1ccccc1N(C)C(=O)c1c(F)cccc1Br. The van der Waals surface area contributed by atoms with Crippen LogP contribution in [-0.4, -0.2) is 13.0 Å². The number of carbonyl (C=O) groups excluding carboxylic acids is 1. The number of halogens is 2. The van der Waals surface area contributed by atoms with E-state index in [1.165, 1.54) is 11.0 Å². The van der Waals surface area contributed by atoms with Gasteiger partial charge >= 0.3 is 0 Å². The summed E-state index contributed by atoms with van der Waals surface area (Å²) in [7, 11) is 1.64. The van der Waals surface area contributed by atoms with Gasteiger partial charge in [0.2, 0.25) is 0 Å². The zero-order valence-electron chi connectivity index (χ0n) is 10.7. The van der Waals surface area contributed by atoms with Crippen molar-refractivity contribution in [3.05, 3.63) is 63.9 Å². The lowest BCUT2D eigenvalue weighted by Crippen LogP contribution is -2.28. The van der Waals surface area contributed by atoms with Crippen molar-refractivity contribution in [2.75, 3.05) is 11.9 Å². The van der Waals surface area contributed by atoms with Gasteiger partial charge in [-0.3, -0.25) is 4.79 Å². The van der Waals surface area contributed by atoms with Gasteiger partial charge in [0.05, 0.1) is 5.56 Å². The largest absolute Gasteiger partial charge is 0.311 e. The van der Waals surface area contributed by atoms with Crippen LogP contribution in [0.4, 0.5) is 10.1 Å². The van der Waals surface area contributed by atoms with Gasteiger partial charge in [-0.2, -0.15) is 0 Å². The molecule has 0 bridgehead atoms. The van der Waals surface area contributed by atoms with Gasteiger partial charge < -0.3 is 4.90 Å². The smallest absolute Gasteiger partial charge is 0.262 e. The summed E-state index contributed by atoms with van der Waals surface area (Å²) in [6.07, 6.45) is 0. The van der Waals surface area contributed by atoms with Gasteiger partial charge in [0.15, 0.2) is 0 Å². The minimum absolute atomic E-state index is 0.0493. The molecule has 0 saturated carbocycles. The zero-order valence-corrected chi connectivity index (χ0v) is 12.2. The van der Waals surface area contributed by atoms with Crippen molar-refractivity contribution in [1.82, 2.24) is 0 Å². The molecule has 0 heterocycles. The first-order valence-electron chi connectivity index (χ1n) is 5.80. The number of benzene rings is 2. The molecule has 0 spiro atoms. The lowest BCUT2D eigenvalue weighted by atomic mass is 10.1. The summed E-state index contributed by atoms with van der Waals surface area (Å²) in [6, 6.07) is 12.0. The summed E-state index contributed by atoms with van der Waals surface area (Å²) in [5, 5.41) is 0. The van der Waals surface area contributed by atoms with E-state index in [-0.39, 0.29) is 11.5 Å². The first kappa shape index (κ1) is 13.7. The van der Waals surface area contributed by atoms with E-state index in [0.29, 0.717) is 4.47 Å². The molecule has 0 N–H and O–H groups in total. The van der Waals surface area contributed by atoms with E-state index in [1.807, 2.05) is 31.2 Å². The molecular weight excluding hydrogens is 309 g/mol. The van der Waals surface area contributed by atoms with Crippen LogP contribution in [-0.2, 0) is 0 Å². The Morgan fingerprint density at radius 3 is 2.47 bits per heavy atom. The van der Waals surface area contributed by atoms with Crippen LogP contribution in [0, 0.1) is 12.7 Å². The van der Waals surface area contributed by atoms with Gasteiger partial charge in [-0.15, -0.1) is 0 Å². The molecule has 0 aromatic heterocycles. The number of para-hydroxylation sites is 1. The Morgan fingerprint density at radius 2 is 1.84 bits per heavy atom. The fourth-order valence-electron chi connectivity index (χ4n) is 1.92. The van der Waals surface area contributed by atoms with Gasteiger partial charge in [-0.05, 0) is 46.6 Å². The average Bonchev–Trinajstić information content (AvgIpc) is 2.38. The third-order valence-electron chi connectivity index (χ3n) is 2.96. The summed E-state index contributed by atoms with van der Waals surface area (Å²) >= 11 is 3.22. The van der Waals surface area contributed by atoms with E-state index >= 15 is 0 Å². The lowest BCUT2D eigenvalue weighted by molar-refractivity contribution is 0.0988. The molecule has 2 aromatic rings. The van der Waals surface area contributed by atoms with Crippen LogP contribution >= 0.6 is 15.9 Å². The molecule has 4 heteroatoms. The molecule has 0 fully saturated rings. The summed E-state index contributed by atoms with van der Waals surface area (Å²) in [5.74, 6) is -0.904. The van der Waals surface area contributed by atoms with Gasteiger partial charge in [-0.25, -0.2) is 4.39 Å². The number of rotatable bonds is 2. The van der Waals surface area contributed by atoms with Crippen molar-refractivity contribution in [1.29, 1.82) is 0 Å². The Morgan fingerprint density at radius 1 is 1.16 bits per heavy atom. The standard InChI is InChI=1S/C15H13BrFNO/c1-10-6-3-4-9-13(10)18(2)15(19)14-11(16)7-5-8-12(14)17/h3-9H,1-2H3. The number of aryl methyl sites for hydroxylation is 1. The molecule has 0 aliphatic rings. The number of hydrogen-bond donors (Lipinski definition) is 0. The van der Waals surface area contributed by atoms with Crippen molar-refractivity contribution in [2.45, 2.75) is 6.92 Å². The highest BCUT2D eigenvalue weighted by Gasteiger charge is 2.20. The molecule has 0 radical (unpaired) electrons. The van der Waals surface area contributed by atoms with E-state index < -0.39 is 5.82 Å². The second-order valence-corrected chi connectivity index (χ2v) is 5.10. The molecule has 0 unspecified atom stereocenters. The summed E-state index contributed by atoms with van der Waals surface area (Å²) in [6.45, 7) is 1.91. The zero-order chi connectivity index (χ0) is 14.0. The fraction of sp³-hybridized carbons (Fsp3) is 0.133. The molecule has 0 aliphatic carbocycles. The predicted molar refractivity (Wildman–Crippen MR) is 78.0 cm³/mol. The number of nitrogens with zero attached hydrogens (tertiary/aromatic N) is 1. The van der Waals surface area contributed by atoms with Crippen molar-refractivity contribution in [3.8, 4) is 0 Å². The highest BCUT2D eigenvalue weighted by molar-refractivity contribution is 9.10. The number of hydrogen-bond acceptors (Lipinski definition) is 1. The Labute approximate surface area is 120 Å². The predicted octanol–water partition coefficient (Wildman–Crippen LogP) is 4.17. The minimum atomic E-state index is -0.528. The normalized spacial score (nSPS) is 10.3. The van der Waals surface area contributed by atoms with Crippen LogP contribution in [0.2, 0.25) is 0 Å². The third kappa shape index (κ3) is 2.68. The minimum Gasteiger partial charge on any atom is -0.311 e. The maximum atomic E-state index is 13.8. The van der Waals surface area contributed by atoms with Gasteiger partial charge in [-0.1, -0.05) is 24.3 Å². The van der Waals surface area contributed by atoms with E-state index in [2.05, 4.69) is 15.9 Å². The average molecular weight is 322 g/mol. The molecule has 0 aliphatic heterocycles. The van der Waals surface area contributed by atoms with Crippen molar-refractivity contribution in [3.63, 3.8) is 0 Å². The fourth-order valence-corrected chi connectivity index (χ4v) is 2.43. The Hall–Kier alpha value is -1.68. The van der Waals surface area contributed by atoms with E-state index in [0.717, 1.165) is 11.3 Å². The van der Waals surface area contributed by atoms with E-state index in [1.54, 1.807) is 19.2 Å².